The quantitative estimate of drug-likeness (QED) is 0.500. The second-order valence-corrected chi connectivity index (χ2v) is 5.11. The summed E-state index contributed by atoms with van der Waals surface area (Å²) in [6.45, 7) is 1.27. The first-order chi connectivity index (χ1) is 9.11. The molecule has 0 aromatic heterocycles. The predicted octanol–water partition coefficient (Wildman–Crippen LogP) is 1.31. The van der Waals surface area contributed by atoms with Gasteiger partial charge in [0.1, 0.15) is 6.04 Å². The van der Waals surface area contributed by atoms with Crippen molar-refractivity contribution in [2.75, 3.05) is 32.3 Å². The standard InChI is InChI=1S/C12H24N2O4S/c1-18-8-5-3-4-7-13-12(17)14-10(11(15)16)6-9-19-2/h10H,3-9H2,1-2H3,(H,15,16)(H2,13,14,17)/t10-/m1/s1. The van der Waals surface area contributed by atoms with Gasteiger partial charge in [0.2, 0.25) is 0 Å². The number of carbonyl (C=O) groups is 2. The van der Waals surface area contributed by atoms with Crippen molar-refractivity contribution in [3.63, 3.8) is 0 Å². The highest BCUT2D eigenvalue weighted by atomic mass is 32.2. The molecule has 112 valence electrons. The smallest absolute Gasteiger partial charge is 0.326 e. The van der Waals surface area contributed by atoms with Gasteiger partial charge in [0.25, 0.3) is 0 Å². The van der Waals surface area contributed by atoms with Crippen molar-refractivity contribution >= 4 is 23.8 Å². The number of ether oxygens (including phenoxy) is 1. The summed E-state index contributed by atoms with van der Waals surface area (Å²) >= 11 is 1.56. The number of unbranched alkanes of at least 4 members (excludes halogenated alkanes) is 2. The first-order valence-corrected chi connectivity index (χ1v) is 7.76. The summed E-state index contributed by atoms with van der Waals surface area (Å²) < 4.78 is 4.92. The van der Waals surface area contributed by atoms with Crippen LogP contribution in [0.1, 0.15) is 25.7 Å². The maximum atomic E-state index is 11.5. The number of thioether (sulfide) groups is 1. The maximum Gasteiger partial charge on any atom is 0.326 e. The average Bonchev–Trinajstić information content (AvgIpc) is 2.38. The molecule has 19 heavy (non-hydrogen) atoms. The zero-order valence-corrected chi connectivity index (χ0v) is 12.4. The van der Waals surface area contributed by atoms with Crippen LogP contribution in [0, 0.1) is 0 Å². The van der Waals surface area contributed by atoms with Crippen molar-refractivity contribution < 1.29 is 19.4 Å². The van der Waals surface area contributed by atoms with Gasteiger partial charge in [-0.05, 0) is 37.7 Å². The minimum Gasteiger partial charge on any atom is -0.480 e. The fourth-order valence-corrected chi connectivity index (χ4v) is 1.92. The lowest BCUT2D eigenvalue weighted by Crippen LogP contribution is -2.46. The molecule has 0 aromatic carbocycles. The van der Waals surface area contributed by atoms with Crippen LogP contribution in [-0.2, 0) is 9.53 Å². The summed E-state index contributed by atoms with van der Waals surface area (Å²) in [6, 6.07) is -1.24. The van der Waals surface area contributed by atoms with Crippen LogP contribution in [0.2, 0.25) is 0 Å². The van der Waals surface area contributed by atoms with Crippen molar-refractivity contribution in [2.24, 2.45) is 0 Å². The van der Waals surface area contributed by atoms with Crippen molar-refractivity contribution in [3.8, 4) is 0 Å². The van der Waals surface area contributed by atoms with E-state index < -0.39 is 18.0 Å². The Hall–Kier alpha value is -0.950. The highest BCUT2D eigenvalue weighted by Gasteiger charge is 2.18. The Morgan fingerprint density at radius 2 is 2.05 bits per heavy atom. The van der Waals surface area contributed by atoms with E-state index in [2.05, 4.69) is 10.6 Å². The molecule has 0 aliphatic rings. The molecular weight excluding hydrogens is 268 g/mol. The molecular formula is C12H24N2O4S. The Kier molecular flexibility index (Phi) is 11.5. The van der Waals surface area contributed by atoms with Gasteiger partial charge in [0.15, 0.2) is 0 Å². The van der Waals surface area contributed by atoms with Gasteiger partial charge in [-0.15, -0.1) is 0 Å². The van der Waals surface area contributed by atoms with Crippen LogP contribution in [0.15, 0.2) is 0 Å². The number of hydrogen-bond donors (Lipinski definition) is 3. The van der Waals surface area contributed by atoms with Crippen LogP contribution in [0.3, 0.4) is 0 Å². The van der Waals surface area contributed by atoms with Crippen LogP contribution in [0.4, 0.5) is 4.79 Å². The van der Waals surface area contributed by atoms with Crippen LogP contribution in [0.25, 0.3) is 0 Å². The number of hydrogen-bond acceptors (Lipinski definition) is 4. The van der Waals surface area contributed by atoms with E-state index in [0.29, 0.717) is 18.7 Å². The normalized spacial score (nSPS) is 11.9. The molecule has 3 N–H and O–H groups in total. The first kappa shape index (κ1) is 18.0. The van der Waals surface area contributed by atoms with Gasteiger partial charge in [-0.1, -0.05) is 0 Å². The zero-order chi connectivity index (χ0) is 14.5. The average molecular weight is 292 g/mol. The lowest BCUT2D eigenvalue weighted by molar-refractivity contribution is -0.139. The van der Waals surface area contributed by atoms with Gasteiger partial charge in [0, 0.05) is 20.3 Å². The number of amides is 2. The fourth-order valence-electron chi connectivity index (χ4n) is 1.45. The monoisotopic (exact) mass is 292 g/mol. The van der Waals surface area contributed by atoms with E-state index in [1.807, 2.05) is 6.26 Å². The Morgan fingerprint density at radius 1 is 1.32 bits per heavy atom. The highest BCUT2D eigenvalue weighted by Crippen LogP contribution is 2.01. The van der Waals surface area contributed by atoms with E-state index in [1.165, 1.54) is 0 Å². The molecule has 6 nitrogen and oxygen atoms in total. The van der Waals surface area contributed by atoms with Crippen molar-refractivity contribution in [1.29, 1.82) is 0 Å². The lowest BCUT2D eigenvalue weighted by atomic mass is 10.2. The summed E-state index contributed by atoms with van der Waals surface area (Å²) in [4.78, 5) is 22.4. The minimum atomic E-state index is -0.996. The SMILES string of the molecule is COCCCCCNC(=O)N[C@H](CCSC)C(=O)O. The Bertz CT molecular complexity index is 264. The number of rotatable bonds is 11. The minimum absolute atomic E-state index is 0.416. The van der Waals surface area contributed by atoms with Gasteiger partial charge in [-0.2, -0.15) is 11.8 Å². The zero-order valence-electron chi connectivity index (χ0n) is 11.6. The Morgan fingerprint density at radius 3 is 2.63 bits per heavy atom. The summed E-state index contributed by atoms with van der Waals surface area (Å²) in [5, 5.41) is 14.1. The number of nitrogens with one attached hydrogen (secondary N) is 2. The summed E-state index contributed by atoms with van der Waals surface area (Å²) in [5.74, 6) is -0.293. The molecule has 0 unspecified atom stereocenters. The second-order valence-electron chi connectivity index (χ2n) is 4.13. The van der Waals surface area contributed by atoms with Crippen molar-refractivity contribution in [2.45, 2.75) is 31.7 Å². The highest BCUT2D eigenvalue weighted by molar-refractivity contribution is 7.98. The van der Waals surface area contributed by atoms with E-state index in [1.54, 1.807) is 18.9 Å². The van der Waals surface area contributed by atoms with E-state index in [-0.39, 0.29) is 0 Å². The van der Waals surface area contributed by atoms with E-state index in [9.17, 15) is 9.59 Å². The number of urea groups is 1. The van der Waals surface area contributed by atoms with Gasteiger partial charge < -0.3 is 20.5 Å². The van der Waals surface area contributed by atoms with E-state index in [0.717, 1.165) is 25.9 Å². The number of aliphatic carboxylic acids is 1. The van der Waals surface area contributed by atoms with Crippen LogP contribution < -0.4 is 10.6 Å². The topological polar surface area (TPSA) is 87.7 Å². The molecule has 0 rings (SSSR count). The molecule has 7 heteroatoms. The molecule has 0 bridgehead atoms. The fraction of sp³-hybridized carbons (Fsp3) is 0.833. The first-order valence-electron chi connectivity index (χ1n) is 6.36. The molecule has 0 spiro atoms. The molecule has 0 heterocycles. The Labute approximate surface area is 118 Å². The summed E-state index contributed by atoms with van der Waals surface area (Å²) in [7, 11) is 1.66. The molecule has 1 atom stereocenters. The number of carbonyl (C=O) groups excluding carboxylic acids is 1. The van der Waals surface area contributed by atoms with Gasteiger partial charge >= 0.3 is 12.0 Å². The molecule has 0 aromatic rings. The number of carboxylic acid groups (broad SMARTS) is 1. The van der Waals surface area contributed by atoms with Crippen molar-refractivity contribution in [1.82, 2.24) is 10.6 Å². The largest absolute Gasteiger partial charge is 0.480 e. The van der Waals surface area contributed by atoms with E-state index >= 15 is 0 Å². The van der Waals surface area contributed by atoms with Gasteiger partial charge in [0.05, 0.1) is 0 Å². The molecule has 0 aliphatic heterocycles. The second kappa shape index (κ2) is 12.1. The summed E-state index contributed by atoms with van der Waals surface area (Å²) in [5.41, 5.74) is 0. The third kappa shape index (κ3) is 10.6. The van der Waals surface area contributed by atoms with Gasteiger partial charge in [-0.3, -0.25) is 0 Å². The van der Waals surface area contributed by atoms with Crippen LogP contribution in [-0.4, -0.2) is 55.4 Å². The molecule has 2 amide bonds. The van der Waals surface area contributed by atoms with Gasteiger partial charge in [-0.25, -0.2) is 9.59 Å². The maximum absolute atomic E-state index is 11.5. The number of methoxy groups -OCH3 is 1. The third-order valence-electron chi connectivity index (χ3n) is 2.52. The molecule has 0 aliphatic carbocycles. The molecule has 0 fully saturated rings. The lowest BCUT2D eigenvalue weighted by Gasteiger charge is -2.14. The Balaban J connectivity index is 3.71. The third-order valence-corrected chi connectivity index (χ3v) is 3.17. The molecule has 0 saturated heterocycles. The van der Waals surface area contributed by atoms with Crippen LogP contribution in [0.5, 0.6) is 0 Å². The number of carboxylic acids is 1. The predicted molar refractivity (Wildman–Crippen MR) is 76.7 cm³/mol. The van der Waals surface area contributed by atoms with Crippen molar-refractivity contribution in [3.05, 3.63) is 0 Å². The van der Waals surface area contributed by atoms with Crippen LogP contribution >= 0.6 is 11.8 Å². The van der Waals surface area contributed by atoms with E-state index in [4.69, 9.17) is 9.84 Å². The molecule has 0 radical (unpaired) electrons. The molecule has 0 saturated carbocycles. The summed E-state index contributed by atoms with van der Waals surface area (Å²) in [6.07, 6.45) is 5.13.